The molecule has 0 aliphatic carbocycles. The van der Waals surface area contributed by atoms with E-state index in [1.807, 2.05) is 39.0 Å². The van der Waals surface area contributed by atoms with Crippen LogP contribution in [0.2, 0.25) is 0 Å². The highest BCUT2D eigenvalue weighted by Gasteiger charge is 2.17. The van der Waals surface area contributed by atoms with Crippen LogP contribution in [-0.4, -0.2) is 52.0 Å². The molecule has 0 radical (unpaired) electrons. The lowest BCUT2D eigenvalue weighted by Crippen LogP contribution is -2.25. The molecule has 0 unspecified atom stereocenters. The number of benzene rings is 1. The van der Waals surface area contributed by atoms with Gasteiger partial charge < -0.3 is 10.1 Å². The lowest BCUT2D eigenvalue weighted by Gasteiger charge is -2.18. The van der Waals surface area contributed by atoms with Crippen molar-refractivity contribution in [2.75, 3.05) is 31.6 Å². The molecule has 0 saturated carbocycles. The molecule has 1 amide bonds. The highest BCUT2D eigenvalue weighted by Crippen LogP contribution is 2.35. The number of amides is 1. The molecule has 2 aromatic heterocycles. The molecular formula is C24H29N5O2S. The summed E-state index contributed by atoms with van der Waals surface area (Å²) < 4.78 is 6.21. The van der Waals surface area contributed by atoms with Crippen LogP contribution in [0, 0.1) is 20.8 Å². The first-order valence-electron chi connectivity index (χ1n) is 11.0. The Kier molecular flexibility index (Phi) is 7.12. The Morgan fingerprint density at radius 3 is 2.53 bits per heavy atom. The smallest absolute Gasteiger partial charge is 0.229 e. The predicted molar refractivity (Wildman–Crippen MR) is 127 cm³/mol. The molecule has 0 spiro atoms. The third-order valence-electron chi connectivity index (χ3n) is 5.79. The van der Waals surface area contributed by atoms with Gasteiger partial charge in [-0.25, -0.2) is 15.0 Å². The zero-order valence-electron chi connectivity index (χ0n) is 18.9. The van der Waals surface area contributed by atoms with Crippen molar-refractivity contribution >= 4 is 22.9 Å². The van der Waals surface area contributed by atoms with Gasteiger partial charge in [-0.15, -0.1) is 11.3 Å². The zero-order valence-corrected chi connectivity index (χ0v) is 19.7. The molecule has 7 nitrogen and oxygen atoms in total. The number of anilines is 1. The molecule has 1 fully saturated rings. The lowest BCUT2D eigenvalue weighted by atomic mass is 10.0. The second-order valence-electron chi connectivity index (χ2n) is 8.11. The molecule has 1 aromatic carbocycles. The number of carbonyl (C=O) groups excluding carboxylic acids is 1. The first kappa shape index (κ1) is 22.4. The second-order valence-corrected chi connectivity index (χ2v) is 9.05. The molecule has 1 aliphatic rings. The van der Waals surface area contributed by atoms with E-state index in [-0.39, 0.29) is 5.91 Å². The Bertz CT molecular complexity index is 1070. The molecule has 3 heterocycles. The largest absolute Gasteiger partial charge is 0.492 e. The van der Waals surface area contributed by atoms with Gasteiger partial charge in [-0.1, -0.05) is 0 Å². The summed E-state index contributed by atoms with van der Waals surface area (Å²) in [5.41, 5.74) is 7.00. The molecule has 0 atom stereocenters. The quantitative estimate of drug-likeness (QED) is 0.553. The van der Waals surface area contributed by atoms with E-state index in [1.165, 1.54) is 24.2 Å². The Hall–Kier alpha value is -2.84. The molecule has 0 bridgehead atoms. The van der Waals surface area contributed by atoms with Crippen LogP contribution in [0.4, 0.5) is 5.69 Å². The average molecular weight is 452 g/mol. The van der Waals surface area contributed by atoms with E-state index in [0.717, 1.165) is 64.2 Å². The van der Waals surface area contributed by atoms with Crippen LogP contribution >= 0.6 is 11.3 Å². The maximum absolute atomic E-state index is 12.6. The Morgan fingerprint density at radius 1 is 1.09 bits per heavy atom. The topological polar surface area (TPSA) is 80.2 Å². The van der Waals surface area contributed by atoms with Crippen LogP contribution in [0.25, 0.3) is 11.1 Å². The maximum Gasteiger partial charge on any atom is 0.229 e. The van der Waals surface area contributed by atoms with Gasteiger partial charge in [-0.3, -0.25) is 9.69 Å². The number of aryl methyl sites for hydroxylation is 3. The number of hydrogen-bond donors (Lipinski definition) is 1. The van der Waals surface area contributed by atoms with E-state index in [0.29, 0.717) is 13.0 Å². The molecule has 32 heavy (non-hydrogen) atoms. The lowest BCUT2D eigenvalue weighted by molar-refractivity contribution is -0.115. The summed E-state index contributed by atoms with van der Waals surface area (Å²) in [6.45, 7) is 9.68. The standard InChI is InChI=1S/C24H29N5O2S/c1-16-22(32-15-27-16)13-23(30)28-19-6-7-21(31-11-10-29-8-4-5-9-29)20(12-19)24-17(2)25-14-26-18(24)3/h6-7,12,14-15H,4-5,8-11,13H2,1-3H3,(H,28,30). The van der Waals surface area contributed by atoms with Crippen molar-refractivity contribution in [1.29, 1.82) is 0 Å². The van der Waals surface area contributed by atoms with Gasteiger partial charge in [0.2, 0.25) is 5.91 Å². The molecule has 4 rings (SSSR count). The molecule has 1 aliphatic heterocycles. The number of nitrogens with one attached hydrogen (secondary N) is 1. The van der Waals surface area contributed by atoms with E-state index in [2.05, 4.69) is 25.2 Å². The highest BCUT2D eigenvalue weighted by molar-refractivity contribution is 7.09. The minimum atomic E-state index is -0.0660. The number of hydrogen-bond acceptors (Lipinski definition) is 7. The zero-order chi connectivity index (χ0) is 22.5. The van der Waals surface area contributed by atoms with Crippen molar-refractivity contribution in [3.05, 3.63) is 52.0 Å². The number of thiazole rings is 1. The van der Waals surface area contributed by atoms with Crippen LogP contribution in [0.1, 0.15) is 34.8 Å². The summed E-state index contributed by atoms with van der Waals surface area (Å²) in [5, 5.41) is 3.02. The average Bonchev–Trinajstić information content (AvgIpc) is 3.41. The van der Waals surface area contributed by atoms with E-state index in [1.54, 1.807) is 11.8 Å². The number of rotatable bonds is 8. The number of nitrogens with zero attached hydrogens (tertiary/aromatic N) is 4. The van der Waals surface area contributed by atoms with Gasteiger partial charge >= 0.3 is 0 Å². The Morgan fingerprint density at radius 2 is 1.84 bits per heavy atom. The minimum Gasteiger partial charge on any atom is -0.492 e. The van der Waals surface area contributed by atoms with Crippen LogP contribution in [0.3, 0.4) is 0 Å². The van der Waals surface area contributed by atoms with E-state index < -0.39 is 0 Å². The van der Waals surface area contributed by atoms with Crippen molar-refractivity contribution < 1.29 is 9.53 Å². The van der Waals surface area contributed by atoms with Crippen molar-refractivity contribution in [3.63, 3.8) is 0 Å². The fourth-order valence-corrected chi connectivity index (χ4v) is 4.83. The Labute approximate surface area is 192 Å². The van der Waals surface area contributed by atoms with Crippen LogP contribution in [0.5, 0.6) is 5.75 Å². The third-order valence-corrected chi connectivity index (χ3v) is 6.72. The molecule has 168 valence electrons. The number of aromatic nitrogens is 3. The molecule has 1 saturated heterocycles. The van der Waals surface area contributed by atoms with Crippen LogP contribution in [-0.2, 0) is 11.2 Å². The van der Waals surface area contributed by atoms with Crippen molar-refractivity contribution in [3.8, 4) is 16.9 Å². The SMILES string of the molecule is Cc1ncsc1CC(=O)Nc1ccc(OCCN2CCCC2)c(-c2c(C)ncnc2C)c1. The fraction of sp³-hybridized carbons (Fsp3) is 0.417. The first-order chi connectivity index (χ1) is 15.5. The van der Waals surface area contributed by atoms with Gasteiger partial charge in [0.15, 0.2) is 0 Å². The first-order valence-corrected chi connectivity index (χ1v) is 11.9. The molecular weight excluding hydrogens is 422 g/mol. The number of carbonyl (C=O) groups is 1. The second kappa shape index (κ2) is 10.2. The van der Waals surface area contributed by atoms with Gasteiger partial charge in [-0.05, 0) is 64.9 Å². The fourth-order valence-electron chi connectivity index (χ4n) is 4.05. The van der Waals surface area contributed by atoms with Crippen molar-refractivity contribution in [1.82, 2.24) is 19.9 Å². The van der Waals surface area contributed by atoms with E-state index in [4.69, 9.17) is 4.74 Å². The maximum atomic E-state index is 12.6. The highest BCUT2D eigenvalue weighted by atomic mass is 32.1. The molecule has 8 heteroatoms. The predicted octanol–water partition coefficient (Wildman–Crippen LogP) is 4.18. The Balaban J connectivity index is 1.56. The van der Waals surface area contributed by atoms with Gasteiger partial charge in [0.05, 0.1) is 17.6 Å². The third kappa shape index (κ3) is 5.31. The summed E-state index contributed by atoms with van der Waals surface area (Å²) in [5.74, 6) is 0.713. The summed E-state index contributed by atoms with van der Waals surface area (Å²) >= 11 is 1.50. The van der Waals surface area contributed by atoms with Gasteiger partial charge in [0.25, 0.3) is 0 Å². The van der Waals surface area contributed by atoms with Gasteiger partial charge in [0.1, 0.15) is 18.7 Å². The van der Waals surface area contributed by atoms with Gasteiger partial charge in [0, 0.05) is 39.6 Å². The summed E-state index contributed by atoms with van der Waals surface area (Å²) in [6, 6.07) is 5.78. The number of likely N-dealkylation sites (tertiary alicyclic amines) is 1. The van der Waals surface area contributed by atoms with E-state index in [9.17, 15) is 4.79 Å². The summed E-state index contributed by atoms with van der Waals surface area (Å²) in [6.07, 6.45) is 4.42. The minimum absolute atomic E-state index is 0.0660. The summed E-state index contributed by atoms with van der Waals surface area (Å²) in [4.78, 5) is 29.0. The normalized spacial score (nSPS) is 14.0. The molecule has 1 N–H and O–H groups in total. The number of ether oxygens (including phenoxy) is 1. The summed E-state index contributed by atoms with van der Waals surface area (Å²) in [7, 11) is 0. The van der Waals surface area contributed by atoms with E-state index >= 15 is 0 Å². The van der Waals surface area contributed by atoms with Crippen molar-refractivity contribution in [2.45, 2.75) is 40.0 Å². The van der Waals surface area contributed by atoms with Crippen LogP contribution in [0.15, 0.2) is 30.0 Å². The van der Waals surface area contributed by atoms with Crippen LogP contribution < -0.4 is 10.1 Å². The molecule has 3 aromatic rings. The van der Waals surface area contributed by atoms with Gasteiger partial charge in [-0.2, -0.15) is 0 Å². The monoisotopic (exact) mass is 451 g/mol. The van der Waals surface area contributed by atoms with Crippen molar-refractivity contribution in [2.24, 2.45) is 0 Å².